The zero-order chi connectivity index (χ0) is 37.9. The summed E-state index contributed by atoms with van der Waals surface area (Å²) in [6, 6.07) is 63.8. The molecule has 0 aliphatic carbocycles. The normalized spacial score (nSPS) is 12.1. The quantitative estimate of drug-likeness (QED) is 0.180. The van der Waals surface area contributed by atoms with Crippen LogP contribution in [0.4, 0.5) is 0 Å². The maximum absolute atomic E-state index is 6.43. The van der Waals surface area contributed by atoms with Gasteiger partial charge in [0.25, 0.3) is 0 Å². The molecule has 0 amide bonds. The SMILES string of the molecule is c1ccc(-c2ccc3oc4cc5c(cc4c3c2)oc2ccc(-c3ccc(-c4ccc6oc7cc8c(cc7c6c4)oc4ccc(-c6ccccc6)cc48)cc3)cc25)cc1. The molecule has 58 heavy (non-hydrogen) atoms. The Balaban J connectivity index is 0.840. The minimum Gasteiger partial charge on any atom is -0.456 e. The van der Waals surface area contributed by atoms with Crippen molar-refractivity contribution in [3.05, 3.63) is 182 Å². The number of hydrogen-bond donors (Lipinski definition) is 0. The Morgan fingerprint density at radius 1 is 0.172 bits per heavy atom. The predicted octanol–water partition coefficient (Wildman–Crippen LogP) is 16.0. The van der Waals surface area contributed by atoms with Gasteiger partial charge in [-0.05, 0) is 117 Å². The van der Waals surface area contributed by atoms with E-state index in [1.807, 2.05) is 12.1 Å². The molecular formula is C54H30O4. The lowest BCUT2D eigenvalue weighted by atomic mass is 9.98. The Hall–Kier alpha value is -7.82. The van der Waals surface area contributed by atoms with E-state index >= 15 is 0 Å². The fraction of sp³-hybridized carbons (Fsp3) is 0. The summed E-state index contributed by atoms with van der Waals surface area (Å²) >= 11 is 0. The molecule has 0 spiro atoms. The van der Waals surface area contributed by atoms with E-state index < -0.39 is 0 Å². The van der Waals surface area contributed by atoms with E-state index in [9.17, 15) is 0 Å². The fourth-order valence-corrected chi connectivity index (χ4v) is 8.93. The summed E-state index contributed by atoms with van der Waals surface area (Å²) in [6.07, 6.45) is 0. The highest BCUT2D eigenvalue weighted by molar-refractivity contribution is 6.17. The molecule has 270 valence electrons. The molecule has 4 heterocycles. The van der Waals surface area contributed by atoms with Gasteiger partial charge in [0.2, 0.25) is 0 Å². The largest absolute Gasteiger partial charge is 0.456 e. The van der Waals surface area contributed by atoms with Crippen LogP contribution >= 0.6 is 0 Å². The summed E-state index contributed by atoms with van der Waals surface area (Å²) in [5.41, 5.74) is 16.1. The average molecular weight is 743 g/mol. The molecule has 0 fully saturated rings. The molecule has 0 unspecified atom stereocenters. The summed E-state index contributed by atoms with van der Waals surface area (Å²) < 4.78 is 25.6. The minimum absolute atomic E-state index is 0.850. The van der Waals surface area contributed by atoms with Gasteiger partial charge in [-0.25, -0.2) is 0 Å². The molecule has 0 aliphatic heterocycles. The van der Waals surface area contributed by atoms with E-state index in [4.69, 9.17) is 17.7 Å². The number of hydrogen-bond acceptors (Lipinski definition) is 4. The third-order valence-corrected chi connectivity index (χ3v) is 11.9. The number of rotatable bonds is 4. The van der Waals surface area contributed by atoms with E-state index in [2.05, 4.69) is 170 Å². The van der Waals surface area contributed by atoms with E-state index in [0.29, 0.717) is 0 Å². The molecule has 0 N–H and O–H groups in total. The molecule has 4 heteroatoms. The van der Waals surface area contributed by atoms with E-state index in [-0.39, 0.29) is 0 Å². The van der Waals surface area contributed by atoms with E-state index in [1.165, 1.54) is 11.1 Å². The van der Waals surface area contributed by atoms with Crippen LogP contribution in [0.5, 0.6) is 0 Å². The second-order valence-electron chi connectivity index (χ2n) is 15.3. The zero-order valence-electron chi connectivity index (χ0n) is 31.0. The first-order chi connectivity index (χ1) is 28.7. The molecule has 13 rings (SSSR count). The maximum Gasteiger partial charge on any atom is 0.136 e. The zero-order valence-corrected chi connectivity index (χ0v) is 31.0. The van der Waals surface area contributed by atoms with Gasteiger partial charge >= 0.3 is 0 Å². The molecule has 13 aromatic rings. The number of fused-ring (bicyclic) bond motifs is 12. The predicted molar refractivity (Wildman–Crippen MR) is 237 cm³/mol. The van der Waals surface area contributed by atoms with Gasteiger partial charge in [-0.3, -0.25) is 0 Å². The maximum atomic E-state index is 6.43. The van der Waals surface area contributed by atoms with E-state index in [0.717, 1.165) is 121 Å². The van der Waals surface area contributed by atoms with Crippen molar-refractivity contribution in [3.8, 4) is 44.5 Å². The third kappa shape index (κ3) is 4.76. The minimum atomic E-state index is 0.850. The summed E-state index contributed by atoms with van der Waals surface area (Å²) in [5.74, 6) is 0. The first-order valence-corrected chi connectivity index (χ1v) is 19.5. The number of benzene rings is 9. The highest BCUT2D eigenvalue weighted by Gasteiger charge is 2.17. The monoisotopic (exact) mass is 742 g/mol. The van der Waals surface area contributed by atoms with Crippen molar-refractivity contribution < 1.29 is 17.7 Å². The Kier molecular flexibility index (Phi) is 6.41. The third-order valence-electron chi connectivity index (χ3n) is 11.9. The Morgan fingerprint density at radius 3 is 0.672 bits per heavy atom. The fourth-order valence-electron chi connectivity index (χ4n) is 8.93. The molecule has 4 aromatic heterocycles. The lowest BCUT2D eigenvalue weighted by molar-refractivity contribution is 0.664. The van der Waals surface area contributed by atoms with Crippen molar-refractivity contribution in [2.45, 2.75) is 0 Å². The Labute approximate surface area is 330 Å². The standard InChI is InChI=1S/C54H30O4/c1-3-7-31(8-4-1)35-15-19-47-39(23-35)43-27-53-45(29-51(43)55-47)41-25-37(17-21-49(41)57-53)33-11-13-34(14-12-33)38-18-22-50-42(26-38)46-30-52-44(28-54(46)58-50)40-24-36(16-20-48(40)56-52)32-9-5-2-6-10-32/h1-30H. The van der Waals surface area contributed by atoms with Crippen LogP contribution in [0, 0.1) is 0 Å². The lowest BCUT2D eigenvalue weighted by Gasteiger charge is -2.06. The van der Waals surface area contributed by atoms with E-state index in [1.54, 1.807) is 0 Å². The van der Waals surface area contributed by atoms with Crippen LogP contribution in [0.15, 0.2) is 200 Å². The van der Waals surface area contributed by atoms with Crippen molar-refractivity contribution >= 4 is 87.8 Å². The molecule has 0 saturated carbocycles. The van der Waals surface area contributed by atoms with Crippen LogP contribution in [0.3, 0.4) is 0 Å². The molecule has 0 aliphatic rings. The molecule has 9 aromatic carbocycles. The molecular weight excluding hydrogens is 713 g/mol. The topological polar surface area (TPSA) is 52.6 Å². The summed E-state index contributed by atoms with van der Waals surface area (Å²) in [6.45, 7) is 0. The van der Waals surface area contributed by atoms with Crippen molar-refractivity contribution in [1.29, 1.82) is 0 Å². The van der Waals surface area contributed by atoms with Gasteiger partial charge in [0.1, 0.15) is 44.7 Å². The van der Waals surface area contributed by atoms with Crippen LogP contribution in [0.2, 0.25) is 0 Å². The van der Waals surface area contributed by atoms with Crippen molar-refractivity contribution in [1.82, 2.24) is 0 Å². The highest BCUT2D eigenvalue weighted by Crippen LogP contribution is 2.41. The van der Waals surface area contributed by atoms with Crippen molar-refractivity contribution in [2.75, 3.05) is 0 Å². The van der Waals surface area contributed by atoms with Crippen LogP contribution in [-0.2, 0) is 0 Å². The summed E-state index contributed by atoms with van der Waals surface area (Å²) in [5, 5.41) is 8.49. The second kappa shape index (κ2) is 11.8. The first-order valence-electron chi connectivity index (χ1n) is 19.5. The van der Waals surface area contributed by atoms with Gasteiger partial charge in [-0.1, -0.05) is 109 Å². The highest BCUT2D eigenvalue weighted by atomic mass is 16.3. The Morgan fingerprint density at radius 2 is 0.397 bits per heavy atom. The van der Waals surface area contributed by atoms with Gasteiger partial charge in [0, 0.05) is 43.1 Å². The average Bonchev–Trinajstić information content (AvgIpc) is 4.04. The van der Waals surface area contributed by atoms with Gasteiger partial charge in [-0.2, -0.15) is 0 Å². The molecule has 0 saturated heterocycles. The molecule has 0 radical (unpaired) electrons. The van der Waals surface area contributed by atoms with Crippen LogP contribution in [0.25, 0.3) is 132 Å². The second-order valence-corrected chi connectivity index (χ2v) is 15.3. The molecule has 4 nitrogen and oxygen atoms in total. The summed E-state index contributed by atoms with van der Waals surface area (Å²) in [7, 11) is 0. The molecule has 0 bridgehead atoms. The van der Waals surface area contributed by atoms with Gasteiger partial charge in [0.05, 0.1) is 0 Å². The van der Waals surface area contributed by atoms with Gasteiger partial charge < -0.3 is 17.7 Å². The van der Waals surface area contributed by atoms with Gasteiger partial charge in [0.15, 0.2) is 0 Å². The lowest BCUT2D eigenvalue weighted by Crippen LogP contribution is -1.81. The van der Waals surface area contributed by atoms with Crippen LogP contribution in [0.1, 0.15) is 0 Å². The van der Waals surface area contributed by atoms with Crippen molar-refractivity contribution in [2.24, 2.45) is 0 Å². The van der Waals surface area contributed by atoms with Crippen LogP contribution in [-0.4, -0.2) is 0 Å². The number of furan rings is 4. The molecule has 0 atom stereocenters. The first kappa shape index (κ1) is 31.4. The van der Waals surface area contributed by atoms with Gasteiger partial charge in [-0.15, -0.1) is 0 Å². The smallest absolute Gasteiger partial charge is 0.136 e. The van der Waals surface area contributed by atoms with Crippen LogP contribution < -0.4 is 0 Å². The Bertz CT molecular complexity index is 3520. The van der Waals surface area contributed by atoms with Crippen molar-refractivity contribution in [3.63, 3.8) is 0 Å². The summed E-state index contributed by atoms with van der Waals surface area (Å²) in [4.78, 5) is 0.